The standard InChI is InChI=1S/C21H29N3O6S/c1-21(2,3)29-20(25)24-11-9-16(10-12-24)28-13-18-22-19(30-23-18)15-5-7-17(8-6-15)31(26)14-27-4/h5-8,16H,9-14H2,1-4H3. The van der Waals surface area contributed by atoms with Gasteiger partial charge in [0.05, 0.1) is 16.9 Å². The van der Waals surface area contributed by atoms with Crippen LogP contribution in [0.2, 0.25) is 0 Å². The molecular weight excluding hydrogens is 422 g/mol. The van der Waals surface area contributed by atoms with Crippen LogP contribution in [0.4, 0.5) is 4.79 Å². The van der Waals surface area contributed by atoms with Crippen molar-refractivity contribution in [1.82, 2.24) is 15.0 Å². The van der Waals surface area contributed by atoms with E-state index in [4.69, 9.17) is 18.7 Å². The Morgan fingerprint density at radius 1 is 1.23 bits per heavy atom. The first-order valence-electron chi connectivity index (χ1n) is 10.1. The molecule has 2 aromatic rings. The van der Waals surface area contributed by atoms with Gasteiger partial charge in [-0.05, 0) is 57.9 Å². The van der Waals surface area contributed by atoms with Crippen molar-refractivity contribution in [1.29, 1.82) is 0 Å². The number of piperidine rings is 1. The molecule has 0 aliphatic carbocycles. The van der Waals surface area contributed by atoms with Crippen molar-refractivity contribution in [2.45, 2.75) is 56.8 Å². The van der Waals surface area contributed by atoms with Crippen molar-refractivity contribution in [3.8, 4) is 11.5 Å². The zero-order valence-electron chi connectivity index (χ0n) is 18.3. The summed E-state index contributed by atoms with van der Waals surface area (Å²) in [7, 11) is 0.311. The molecular formula is C21H29N3O6S. The number of rotatable bonds is 7. The lowest BCUT2D eigenvalue weighted by Crippen LogP contribution is -2.43. The van der Waals surface area contributed by atoms with Gasteiger partial charge in [0.25, 0.3) is 5.89 Å². The van der Waals surface area contributed by atoms with Gasteiger partial charge in [-0.3, -0.25) is 4.21 Å². The number of likely N-dealkylation sites (tertiary alicyclic amines) is 1. The van der Waals surface area contributed by atoms with Gasteiger partial charge in [-0.2, -0.15) is 4.98 Å². The number of hydrogen-bond donors (Lipinski definition) is 0. The molecule has 0 spiro atoms. The van der Waals surface area contributed by atoms with Gasteiger partial charge in [0.15, 0.2) is 5.82 Å². The largest absolute Gasteiger partial charge is 0.444 e. The molecule has 0 radical (unpaired) electrons. The Morgan fingerprint density at radius 3 is 2.52 bits per heavy atom. The Bertz CT molecular complexity index is 885. The molecule has 1 fully saturated rings. The highest BCUT2D eigenvalue weighted by atomic mass is 32.2. The Labute approximate surface area is 184 Å². The van der Waals surface area contributed by atoms with E-state index in [1.165, 1.54) is 7.11 Å². The molecule has 0 bridgehead atoms. The third-order valence-electron chi connectivity index (χ3n) is 4.60. The molecule has 1 atom stereocenters. The van der Waals surface area contributed by atoms with E-state index < -0.39 is 16.4 Å². The number of ether oxygens (including phenoxy) is 3. The molecule has 10 heteroatoms. The zero-order valence-corrected chi connectivity index (χ0v) is 19.1. The average molecular weight is 452 g/mol. The van der Waals surface area contributed by atoms with Gasteiger partial charge in [0.1, 0.15) is 18.1 Å². The maximum atomic E-state index is 12.1. The maximum absolute atomic E-state index is 12.1. The van der Waals surface area contributed by atoms with E-state index in [0.29, 0.717) is 29.7 Å². The quantitative estimate of drug-likeness (QED) is 0.631. The van der Waals surface area contributed by atoms with E-state index in [0.717, 1.165) is 18.4 Å². The minimum Gasteiger partial charge on any atom is -0.444 e. The Balaban J connectivity index is 1.47. The molecule has 2 heterocycles. The molecule has 3 rings (SSSR count). The topological polar surface area (TPSA) is 104 Å². The van der Waals surface area contributed by atoms with Crippen LogP contribution in [-0.4, -0.2) is 63.2 Å². The molecule has 1 saturated heterocycles. The highest BCUT2D eigenvalue weighted by molar-refractivity contribution is 7.84. The highest BCUT2D eigenvalue weighted by Crippen LogP contribution is 2.21. The van der Waals surface area contributed by atoms with Crippen LogP contribution in [0.5, 0.6) is 0 Å². The third-order valence-corrected chi connectivity index (χ3v) is 5.85. The first-order chi connectivity index (χ1) is 14.7. The molecule has 1 aromatic heterocycles. The van der Waals surface area contributed by atoms with Crippen LogP contribution in [0.1, 0.15) is 39.4 Å². The normalized spacial score (nSPS) is 16.3. The minimum atomic E-state index is -1.20. The van der Waals surface area contributed by atoms with Crippen LogP contribution in [0.25, 0.3) is 11.5 Å². The average Bonchev–Trinajstić information content (AvgIpc) is 3.21. The summed E-state index contributed by atoms with van der Waals surface area (Å²) in [5, 5.41) is 3.97. The monoisotopic (exact) mass is 451 g/mol. The number of nitrogens with zero attached hydrogens (tertiary/aromatic N) is 3. The van der Waals surface area contributed by atoms with Crippen LogP contribution in [-0.2, 0) is 31.6 Å². The number of methoxy groups -OCH3 is 1. The molecule has 1 amide bonds. The van der Waals surface area contributed by atoms with E-state index in [1.807, 2.05) is 20.8 Å². The van der Waals surface area contributed by atoms with Crippen LogP contribution < -0.4 is 0 Å². The van der Waals surface area contributed by atoms with Crippen molar-refractivity contribution in [2.75, 3.05) is 26.1 Å². The van der Waals surface area contributed by atoms with E-state index in [2.05, 4.69) is 10.1 Å². The second-order valence-electron chi connectivity index (χ2n) is 8.27. The first kappa shape index (κ1) is 23.4. The van der Waals surface area contributed by atoms with E-state index in [-0.39, 0.29) is 24.7 Å². The fourth-order valence-corrected chi connectivity index (χ4v) is 3.87. The Hall–Kier alpha value is -2.30. The summed E-state index contributed by atoms with van der Waals surface area (Å²) in [5.41, 5.74) is 0.241. The van der Waals surface area contributed by atoms with Crippen molar-refractivity contribution < 1.29 is 27.7 Å². The number of amides is 1. The molecule has 31 heavy (non-hydrogen) atoms. The van der Waals surface area contributed by atoms with Crippen molar-refractivity contribution in [2.24, 2.45) is 0 Å². The van der Waals surface area contributed by atoms with Crippen LogP contribution >= 0.6 is 0 Å². The molecule has 0 saturated carbocycles. The Kier molecular flexibility index (Phi) is 7.79. The molecule has 1 aromatic carbocycles. The number of carbonyl (C=O) groups is 1. The summed E-state index contributed by atoms with van der Waals surface area (Å²) in [5.74, 6) is 0.983. The van der Waals surface area contributed by atoms with E-state index >= 15 is 0 Å². The lowest BCUT2D eigenvalue weighted by molar-refractivity contribution is -0.0190. The van der Waals surface area contributed by atoms with Gasteiger partial charge in [-0.25, -0.2) is 4.79 Å². The summed E-state index contributed by atoms with van der Waals surface area (Å²) >= 11 is 0. The SMILES string of the molecule is COCS(=O)c1ccc(-c2nc(COC3CCN(C(=O)OC(C)(C)C)CC3)no2)cc1. The summed E-state index contributed by atoms with van der Waals surface area (Å²) in [6, 6.07) is 7.08. The van der Waals surface area contributed by atoms with Crippen molar-refractivity contribution in [3.05, 3.63) is 30.1 Å². The van der Waals surface area contributed by atoms with Gasteiger partial charge in [0, 0.05) is 30.7 Å². The van der Waals surface area contributed by atoms with E-state index in [9.17, 15) is 9.00 Å². The lowest BCUT2D eigenvalue weighted by Gasteiger charge is -2.33. The smallest absolute Gasteiger partial charge is 0.410 e. The lowest BCUT2D eigenvalue weighted by atomic mass is 10.1. The fourth-order valence-electron chi connectivity index (χ4n) is 3.08. The zero-order chi connectivity index (χ0) is 22.4. The second-order valence-corrected chi connectivity index (χ2v) is 9.67. The van der Waals surface area contributed by atoms with Gasteiger partial charge in [-0.15, -0.1) is 0 Å². The molecule has 1 aliphatic rings. The summed E-state index contributed by atoms with van der Waals surface area (Å²) in [6.45, 7) is 6.99. The summed E-state index contributed by atoms with van der Waals surface area (Å²) in [4.78, 5) is 18.9. The van der Waals surface area contributed by atoms with Gasteiger partial charge in [0.2, 0.25) is 0 Å². The summed E-state index contributed by atoms with van der Waals surface area (Å²) < 4.78 is 33.5. The molecule has 0 N–H and O–H groups in total. The van der Waals surface area contributed by atoms with Gasteiger partial charge in [-0.1, -0.05) is 5.16 Å². The van der Waals surface area contributed by atoms with Crippen LogP contribution in [0.3, 0.4) is 0 Å². The highest BCUT2D eigenvalue weighted by Gasteiger charge is 2.27. The predicted octanol–water partition coefficient (Wildman–Crippen LogP) is 3.36. The van der Waals surface area contributed by atoms with Crippen LogP contribution in [0, 0.1) is 0 Å². The predicted molar refractivity (Wildman–Crippen MR) is 114 cm³/mol. The van der Waals surface area contributed by atoms with Crippen LogP contribution in [0.15, 0.2) is 33.7 Å². The molecule has 1 aliphatic heterocycles. The molecule has 170 valence electrons. The second kappa shape index (κ2) is 10.3. The summed E-state index contributed by atoms with van der Waals surface area (Å²) in [6.07, 6.45) is 1.19. The number of carbonyl (C=O) groups excluding carboxylic acids is 1. The van der Waals surface area contributed by atoms with E-state index in [1.54, 1.807) is 29.2 Å². The number of hydrogen-bond acceptors (Lipinski definition) is 8. The number of benzene rings is 1. The van der Waals surface area contributed by atoms with Crippen molar-refractivity contribution in [3.63, 3.8) is 0 Å². The fraction of sp³-hybridized carbons (Fsp3) is 0.571. The molecule has 1 unspecified atom stereocenters. The van der Waals surface area contributed by atoms with Crippen molar-refractivity contribution >= 4 is 16.9 Å². The van der Waals surface area contributed by atoms with Gasteiger partial charge < -0.3 is 23.6 Å². The maximum Gasteiger partial charge on any atom is 0.410 e. The molecule has 9 nitrogen and oxygen atoms in total. The van der Waals surface area contributed by atoms with Gasteiger partial charge >= 0.3 is 6.09 Å². The first-order valence-corrected chi connectivity index (χ1v) is 11.5. The minimum absolute atomic E-state index is 0.0238. The third kappa shape index (κ3) is 6.84. The Morgan fingerprint density at radius 2 is 1.90 bits per heavy atom. The number of aromatic nitrogens is 2.